The predicted octanol–water partition coefficient (Wildman–Crippen LogP) is 4.31. The molecule has 120 valence electrons. The van der Waals surface area contributed by atoms with Gasteiger partial charge in [0.1, 0.15) is 0 Å². The van der Waals surface area contributed by atoms with Crippen LogP contribution in [0.1, 0.15) is 41.5 Å². The molecule has 3 nitrogen and oxygen atoms in total. The molecule has 1 amide bonds. The number of carbonyl (C=O) groups excluding carboxylic acids is 1. The molecule has 0 saturated carbocycles. The lowest BCUT2D eigenvalue weighted by atomic mass is 9.87. The van der Waals surface area contributed by atoms with Gasteiger partial charge in [-0.15, -0.1) is 24.2 Å². The summed E-state index contributed by atoms with van der Waals surface area (Å²) in [6.45, 7) is 12.4. The van der Waals surface area contributed by atoms with Crippen LogP contribution in [0.3, 0.4) is 0 Å². The Hall–Kier alpha value is -0.710. The molecule has 0 aliphatic carbocycles. The lowest BCUT2D eigenvalue weighted by Crippen LogP contribution is -2.45. The van der Waals surface area contributed by atoms with E-state index in [2.05, 4.69) is 26.1 Å². The smallest absolute Gasteiger partial charge is 0.241 e. The summed E-state index contributed by atoms with van der Waals surface area (Å²) < 4.78 is 0.180. The van der Waals surface area contributed by atoms with Crippen molar-refractivity contribution in [3.05, 3.63) is 24.3 Å². The average Bonchev–Trinajstić information content (AvgIpc) is 2.27. The van der Waals surface area contributed by atoms with Crippen molar-refractivity contribution in [3.8, 4) is 0 Å². The van der Waals surface area contributed by atoms with Gasteiger partial charge in [0.05, 0.1) is 6.04 Å². The maximum atomic E-state index is 12.0. The molecule has 1 rings (SSSR count). The minimum absolute atomic E-state index is 0. The molecule has 0 aliphatic heterocycles. The van der Waals surface area contributed by atoms with E-state index in [1.165, 1.54) is 4.90 Å². The standard InChI is InChI=1S/C16H26N2OS.ClH/c1-15(2,3)13(17)14(19)18-11-7-9-12(10-8-11)20-16(4,5)6;/h7-10,13H,17H2,1-6H3,(H,18,19);1H/t13-;/m1./s1. The first-order valence-electron chi connectivity index (χ1n) is 6.84. The minimum Gasteiger partial charge on any atom is -0.325 e. The zero-order valence-corrected chi connectivity index (χ0v) is 15.3. The van der Waals surface area contributed by atoms with E-state index >= 15 is 0 Å². The van der Waals surface area contributed by atoms with Gasteiger partial charge in [0.15, 0.2) is 0 Å². The summed E-state index contributed by atoms with van der Waals surface area (Å²) in [6, 6.07) is 7.36. The van der Waals surface area contributed by atoms with E-state index in [4.69, 9.17) is 5.73 Å². The van der Waals surface area contributed by atoms with Crippen LogP contribution in [0, 0.1) is 5.41 Å². The second kappa shape index (κ2) is 7.52. The number of nitrogens with one attached hydrogen (secondary N) is 1. The Labute approximate surface area is 138 Å². The first-order chi connectivity index (χ1) is 8.99. The van der Waals surface area contributed by atoms with E-state index in [0.717, 1.165) is 5.69 Å². The van der Waals surface area contributed by atoms with Gasteiger partial charge in [-0.3, -0.25) is 4.79 Å². The third-order valence-corrected chi connectivity index (χ3v) is 3.88. The Kier molecular flexibility index (Phi) is 7.27. The number of amides is 1. The van der Waals surface area contributed by atoms with Crippen LogP contribution in [-0.4, -0.2) is 16.7 Å². The number of anilines is 1. The molecule has 0 radical (unpaired) electrons. The zero-order chi connectivity index (χ0) is 15.6. The van der Waals surface area contributed by atoms with Crippen LogP contribution < -0.4 is 11.1 Å². The highest BCUT2D eigenvalue weighted by Crippen LogP contribution is 2.32. The molecule has 1 aromatic rings. The van der Waals surface area contributed by atoms with Gasteiger partial charge in [-0.25, -0.2) is 0 Å². The Bertz CT molecular complexity index is 461. The van der Waals surface area contributed by atoms with E-state index in [-0.39, 0.29) is 28.5 Å². The monoisotopic (exact) mass is 330 g/mol. The third-order valence-electron chi connectivity index (χ3n) is 2.76. The molecule has 3 N–H and O–H groups in total. The van der Waals surface area contributed by atoms with Crippen molar-refractivity contribution in [2.75, 3.05) is 5.32 Å². The number of thioether (sulfide) groups is 1. The van der Waals surface area contributed by atoms with Crippen LogP contribution in [0.2, 0.25) is 0 Å². The summed E-state index contributed by atoms with van der Waals surface area (Å²) in [7, 11) is 0. The van der Waals surface area contributed by atoms with Crippen LogP contribution >= 0.6 is 24.2 Å². The van der Waals surface area contributed by atoms with Crippen LogP contribution in [0.15, 0.2) is 29.2 Å². The van der Waals surface area contributed by atoms with Crippen molar-refractivity contribution >= 4 is 35.8 Å². The normalized spacial score (nSPS) is 13.3. The average molecular weight is 331 g/mol. The van der Waals surface area contributed by atoms with Gasteiger partial charge in [0.25, 0.3) is 0 Å². The molecule has 0 fully saturated rings. The number of nitrogens with two attached hydrogens (primary N) is 1. The summed E-state index contributed by atoms with van der Waals surface area (Å²) in [5, 5.41) is 2.87. The molecule has 0 aromatic heterocycles. The molecule has 0 aliphatic rings. The molecule has 1 atom stereocenters. The van der Waals surface area contributed by atoms with E-state index in [1.807, 2.05) is 45.0 Å². The van der Waals surface area contributed by atoms with Gasteiger partial charge in [0, 0.05) is 15.3 Å². The Morgan fingerprint density at radius 1 is 1.10 bits per heavy atom. The van der Waals surface area contributed by atoms with E-state index < -0.39 is 6.04 Å². The largest absolute Gasteiger partial charge is 0.325 e. The number of halogens is 1. The van der Waals surface area contributed by atoms with Crippen LogP contribution in [0.25, 0.3) is 0 Å². The first kappa shape index (κ1) is 20.3. The van der Waals surface area contributed by atoms with Gasteiger partial charge in [0.2, 0.25) is 5.91 Å². The lowest BCUT2D eigenvalue weighted by molar-refractivity contribution is -0.119. The Morgan fingerprint density at radius 2 is 1.57 bits per heavy atom. The molecule has 0 unspecified atom stereocenters. The van der Waals surface area contributed by atoms with E-state index in [9.17, 15) is 4.79 Å². The third kappa shape index (κ3) is 7.21. The van der Waals surface area contributed by atoms with E-state index in [0.29, 0.717) is 0 Å². The first-order valence-corrected chi connectivity index (χ1v) is 7.66. The molecule has 0 bridgehead atoms. The number of hydrogen-bond acceptors (Lipinski definition) is 3. The second-order valence-corrected chi connectivity index (χ2v) is 8.97. The summed E-state index contributed by atoms with van der Waals surface area (Å²) in [5.41, 5.74) is 6.48. The van der Waals surface area contributed by atoms with Gasteiger partial charge in [-0.1, -0.05) is 41.5 Å². The molecule has 0 saturated heterocycles. The quantitative estimate of drug-likeness (QED) is 0.812. The highest BCUT2D eigenvalue weighted by Gasteiger charge is 2.27. The molecule has 1 aromatic carbocycles. The van der Waals surface area contributed by atoms with Gasteiger partial charge in [-0.2, -0.15) is 0 Å². The fraction of sp³-hybridized carbons (Fsp3) is 0.562. The van der Waals surface area contributed by atoms with Crippen LogP contribution in [-0.2, 0) is 4.79 Å². The number of hydrogen-bond donors (Lipinski definition) is 2. The topological polar surface area (TPSA) is 55.1 Å². The number of carbonyl (C=O) groups is 1. The summed E-state index contributed by atoms with van der Waals surface area (Å²) >= 11 is 1.80. The molecular weight excluding hydrogens is 304 g/mol. The molecular formula is C16H27ClN2OS. The summed E-state index contributed by atoms with van der Waals surface area (Å²) in [4.78, 5) is 13.2. The molecule has 0 spiro atoms. The summed E-state index contributed by atoms with van der Waals surface area (Å²) in [6.07, 6.45) is 0. The highest BCUT2D eigenvalue weighted by atomic mass is 35.5. The summed E-state index contributed by atoms with van der Waals surface area (Å²) in [5.74, 6) is -0.145. The van der Waals surface area contributed by atoms with E-state index in [1.54, 1.807) is 11.8 Å². The maximum absolute atomic E-state index is 12.0. The van der Waals surface area contributed by atoms with Crippen molar-refractivity contribution in [1.82, 2.24) is 0 Å². The van der Waals surface area contributed by atoms with Gasteiger partial charge in [-0.05, 0) is 29.7 Å². The fourth-order valence-electron chi connectivity index (χ4n) is 1.57. The Morgan fingerprint density at radius 3 is 1.95 bits per heavy atom. The fourth-order valence-corrected chi connectivity index (χ4v) is 2.55. The lowest BCUT2D eigenvalue weighted by Gasteiger charge is -2.25. The van der Waals surface area contributed by atoms with Crippen molar-refractivity contribution in [2.45, 2.75) is 57.2 Å². The zero-order valence-electron chi connectivity index (χ0n) is 13.7. The van der Waals surface area contributed by atoms with Crippen molar-refractivity contribution < 1.29 is 4.79 Å². The molecule has 21 heavy (non-hydrogen) atoms. The molecule has 5 heteroatoms. The van der Waals surface area contributed by atoms with Crippen LogP contribution in [0.4, 0.5) is 5.69 Å². The number of benzene rings is 1. The second-order valence-electron chi connectivity index (χ2n) is 7.07. The SMILES string of the molecule is CC(C)(C)Sc1ccc(NC(=O)[C@@H](N)C(C)(C)C)cc1.Cl. The van der Waals surface area contributed by atoms with Crippen molar-refractivity contribution in [3.63, 3.8) is 0 Å². The maximum Gasteiger partial charge on any atom is 0.241 e. The van der Waals surface area contributed by atoms with Crippen molar-refractivity contribution in [1.29, 1.82) is 0 Å². The molecule has 0 heterocycles. The van der Waals surface area contributed by atoms with Gasteiger partial charge < -0.3 is 11.1 Å². The number of rotatable bonds is 3. The van der Waals surface area contributed by atoms with Crippen LogP contribution in [0.5, 0.6) is 0 Å². The minimum atomic E-state index is -0.522. The predicted molar refractivity (Wildman–Crippen MR) is 95.4 cm³/mol. The van der Waals surface area contributed by atoms with Gasteiger partial charge >= 0.3 is 0 Å². The Balaban J connectivity index is 0.00000400. The van der Waals surface area contributed by atoms with Crippen molar-refractivity contribution in [2.24, 2.45) is 11.1 Å². The highest BCUT2D eigenvalue weighted by molar-refractivity contribution is 8.00.